The van der Waals surface area contributed by atoms with E-state index in [1.165, 1.54) is 0 Å². The van der Waals surface area contributed by atoms with E-state index in [1.807, 2.05) is 19.1 Å². The van der Waals surface area contributed by atoms with Gasteiger partial charge in [0, 0.05) is 5.02 Å². The Bertz CT molecular complexity index is 327. The average Bonchev–Trinajstić information content (AvgIpc) is 2.42. The summed E-state index contributed by atoms with van der Waals surface area (Å²) in [6.07, 6.45) is 0. The number of benzene rings is 1. The van der Waals surface area contributed by atoms with Gasteiger partial charge in [-0.2, -0.15) is 0 Å². The van der Waals surface area contributed by atoms with Crippen LogP contribution in [0.3, 0.4) is 0 Å². The molecule has 1 aromatic rings. The number of halogens is 1. The largest absolute Gasteiger partial charge is 0.492 e. The minimum Gasteiger partial charge on any atom is -0.423 e. The molecule has 1 aliphatic rings. The zero-order chi connectivity index (χ0) is 8.72. The van der Waals surface area contributed by atoms with E-state index in [1.54, 1.807) is 0 Å². The van der Waals surface area contributed by atoms with Gasteiger partial charge in [0.25, 0.3) is 0 Å². The minimum atomic E-state index is -0.793. The molecule has 0 aliphatic carbocycles. The molecule has 1 heterocycles. The smallest absolute Gasteiger partial charge is 0.423 e. The first kappa shape index (κ1) is 8.11. The molecule has 0 amide bonds. The van der Waals surface area contributed by atoms with Gasteiger partial charge in [-0.3, -0.25) is 0 Å². The van der Waals surface area contributed by atoms with E-state index in [0.29, 0.717) is 11.6 Å². The summed E-state index contributed by atoms with van der Waals surface area (Å²) in [4.78, 5) is 0. The Morgan fingerprint density at radius 3 is 3.00 bits per heavy atom. The van der Waals surface area contributed by atoms with Gasteiger partial charge in [0.15, 0.2) is 0 Å². The Balaban J connectivity index is 2.64. The SMILES string of the molecule is Cc1ccc(Cl)c2c1B(O)OC2. The molecule has 0 saturated heterocycles. The maximum atomic E-state index is 9.41. The zero-order valence-corrected chi connectivity index (χ0v) is 7.43. The van der Waals surface area contributed by atoms with Crippen LogP contribution in [0, 0.1) is 6.92 Å². The van der Waals surface area contributed by atoms with E-state index in [4.69, 9.17) is 16.3 Å². The molecule has 1 aliphatic heterocycles. The predicted octanol–water partition coefficient (Wildman–Crippen LogP) is 0.866. The van der Waals surface area contributed by atoms with Crippen LogP contribution in [-0.2, 0) is 11.3 Å². The predicted molar refractivity (Wildman–Crippen MR) is 48.6 cm³/mol. The highest BCUT2D eigenvalue weighted by molar-refractivity contribution is 6.62. The van der Waals surface area contributed by atoms with Crippen LogP contribution in [0.1, 0.15) is 11.1 Å². The van der Waals surface area contributed by atoms with Crippen LogP contribution in [0.15, 0.2) is 12.1 Å². The average molecular weight is 182 g/mol. The van der Waals surface area contributed by atoms with Crippen molar-refractivity contribution in [3.8, 4) is 0 Å². The molecule has 0 unspecified atom stereocenters. The summed E-state index contributed by atoms with van der Waals surface area (Å²) in [5, 5.41) is 10.1. The number of fused-ring (bicyclic) bond motifs is 1. The molecule has 2 rings (SSSR count). The second kappa shape index (κ2) is 2.77. The van der Waals surface area contributed by atoms with Crippen LogP contribution in [0.2, 0.25) is 5.02 Å². The fraction of sp³-hybridized carbons (Fsp3) is 0.250. The summed E-state index contributed by atoms with van der Waals surface area (Å²) in [6.45, 7) is 2.35. The Hall–Kier alpha value is -0.505. The van der Waals surface area contributed by atoms with Gasteiger partial charge in [-0.1, -0.05) is 23.2 Å². The third-order valence-electron chi connectivity index (χ3n) is 2.15. The Labute approximate surface area is 76.3 Å². The highest BCUT2D eigenvalue weighted by atomic mass is 35.5. The fourth-order valence-electron chi connectivity index (χ4n) is 1.49. The molecule has 0 radical (unpaired) electrons. The maximum absolute atomic E-state index is 9.41. The number of hydrogen-bond donors (Lipinski definition) is 1. The van der Waals surface area contributed by atoms with Gasteiger partial charge in [0.1, 0.15) is 0 Å². The van der Waals surface area contributed by atoms with Crippen molar-refractivity contribution in [2.45, 2.75) is 13.5 Å². The number of aryl methyl sites for hydroxylation is 1. The third kappa shape index (κ3) is 1.05. The van der Waals surface area contributed by atoms with Crippen LogP contribution >= 0.6 is 11.6 Å². The summed E-state index contributed by atoms with van der Waals surface area (Å²) >= 11 is 5.92. The monoisotopic (exact) mass is 182 g/mol. The van der Waals surface area contributed by atoms with Crippen molar-refractivity contribution in [2.75, 3.05) is 0 Å². The second-order valence-electron chi connectivity index (χ2n) is 2.92. The van der Waals surface area contributed by atoms with Crippen molar-refractivity contribution in [1.82, 2.24) is 0 Å². The molecule has 0 bridgehead atoms. The van der Waals surface area contributed by atoms with Crippen molar-refractivity contribution in [2.24, 2.45) is 0 Å². The minimum absolute atomic E-state index is 0.414. The lowest BCUT2D eigenvalue weighted by atomic mass is 9.76. The molecule has 0 atom stereocenters. The molecule has 1 aromatic carbocycles. The first-order valence-corrected chi connectivity index (χ1v) is 4.15. The fourth-order valence-corrected chi connectivity index (χ4v) is 1.71. The highest BCUT2D eigenvalue weighted by Crippen LogP contribution is 2.21. The van der Waals surface area contributed by atoms with Crippen molar-refractivity contribution in [3.05, 3.63) is 28.3 Å². The lowest BCUT2D eigenvalue weighted by Crippen LogP contribution is -2.30. The molecule has 4 heteroatoms. The van der Waals surface area contributed by atoms with Gasteiger partial charge in [-0.25, -0.2) is 0 Å². The summed E-state index contributed by atoms with van der Waals surface area (Å²) in [7, 11) is -0.793. The maximum Gasteiger partial charge on any atom is 0.492 e. The number of hydrogen-bond acceptors (Lipinski definition) is 2. The third-order valence-corrected chi connectivity index (χ3v) is 2.50. The normalized spacial score (nSPS) is 15.1. The van der Waals surface area contributed by atoms with Crippen molar-refractivity contribution in [3.63, 3.8) is 0 Å². The van der Waals surface area contributed by atoms with Gasteiger partial charge >= 0.3 is 7.12 Å². The molecule has 0 aromatic heterocycles. The van der Waals surface area contributed by atoms with Crippen molar-refractivity contribution < 1.29 is 9.68 Å². The van der Waals surface area contributed by atoms with Gasteiger partial charge in [-0.15, -0.1) is 0 Å². The topological polar surface area (TPSA) is 29.5 Å². The molecular weight excluding hydrogens is 174 g/mol. The molecule has 0 spiro atoms. The lowest BCUT2D eigenvalue weighted by molar-refractivity contribution is 0.275. The summed E-state index contributed by atoms with van der Waals surface area (Å²) in [6, 6.07) is 3.72. The first-order valence-electron chi connectivity index (χ1n) is 3.77. The van der Waals surface area contributed by atoms with E-state index < -0.39 is 7.12 Å². The molecule has 0 saturated carbocycles. The van der Waals surface area contributed by atoms with Gasteiger partial charge < -0.3 is 9.68 Å². The summed E-state index contributed by atoms with van der Waals surface area (Å²) in [5.74, 6) is 0. The van der Waals surface area contributed by atoms with Gasteiger partial charge in [0.2, 0.25) is 0 Å². The lowest BCUT2D eigenvalue weighted by Gasteiger charge is -2.03. The van der Waals surface area contributed by atoms with Crippen LogP contribution in [-0.4, -0.2) is 12.1 Å². The van der Waals surface area contributed by atoms with Crippen LogP contribution < -0.4 is 5.46 Å². The molecule has 62 valence electrons. The van der Waals surface area contributed by atoms with Crippen molar-refractivity contribution in [1.29, 1.82) is 0 Å². The van der Waals surface area contributed by atoms with E-state index >= 15 is 0 Å². The quantitative estimate of drug-likeness (QED) is 0.603. The Kier molecular flexibility index (Phi) is 1.87. The van der Waals surface area contributed by atoms with E-state index in [2.05, 4.69) is 0 Å². The van der Waals surface area contributed by atoms with Crippen LogP contribution in [0.5, 0.6) is 0 Å². The summed E-state index contributed by atoms with van der Waals surface area (Å²) < 4.78 is 5.06. The Morgan fingerprint density at radius 1 is 1.58 bits per heavy atom. The van der Waals surface area contributed by atoms with E-state index in [9.17, 15) is 5.02 Å². The molecule has 12 heavy (non-hydrogen) atoms. The van der Waals surface area contributed by atoms with E-state index in [0.717, 1.165) is 16.6 Å². The standard InChI is InChI=1S/C8H8BClO2/c1-5-2-3-7(10)6-4-12-9(11)8(5)6/h2-3,11H,4H2,1H3. The van der Waals surface area contributed by atoms with Crippen LogP contribution in [0.4, 0.5) is 0 Å². The van der Waals surface area contributed by atoms with E-state index in [-0.39, 0.29) is 0 Å². The van der Waals surface area contributed by atoms with Gasteiger partial charge in [-0.05, 0) is 24.0 Å². The van der Waals surface area contributed by atoms with Crippen LogP contribution in [0.25, 0.3) is 0 Å². The van der Waals surface area contributed by atoms with Gasteiger partial charge in [0.05, 0.1) is 6.61 Å². The highest BCUT2D eigenvalue weighted by Gasteiger charge is 2.30. The molecular formula is C8H8BClO2. The first-order chi connectivity index (χ1) is 5.70. The molecule has 0 fully saturated rings. The van der Waals surface area contributed by atoms with Crippen molar-refractivity contribution >= 4 is 24.2 Å². The Morgan fingerprint density at radius 2 is 2.33 bits per heavy atom. The second-order valence-corrected chi connectivity index (χ2v) is 3.33. The zero-order valence-electron chi connectivity index (χ0n) is 6.67. The summed E-state index contributed by atoms with van der Waals surface area (Å²) in [5.41, 5.74) is 2.78. The molecule has 2 nitrogen and oxygen atoms in total. The number of rotatable bonds is 0. The molecule has 1 N–H and O–H groups in total.